The first kappa shape index (κ1) is 34.6. The minimum atomic E-state index is -0.953. The maximum atomic E-state index is 14.7. The van der Waals surface area contributed by atoms with Crippen LogP contribution in [-0.4, -0.2) is 40.5 Å². The van der Waals surface area contributed by atoms with E-state index < -0.39 is 23.8 Å². The normalized spacial score (nSPS) is 14.3. The molecule has 7 heteroatoms. The van der Waals surface area contributed by atoms with E-state index in [1.807, 2.05) is 76.2 Å². The van der Waals surface area contributed by atoms with E-state index in [1.54, 1.807) is 31.7 Å². The van der Waals surface area contributed by atoms with Crippen molar-refractivity contribution in [1.82, 2.24) is 10.2 Å². The van der Waals surface area contributed by atoms with Crippen molar-refractivity contribution < 1.29 is 19.1 Å². The van der Waals surface area contributed by atoms with Gasteiger partial charge in [-0.05, 0) is 88.1 Å². The number of benzene rings is 2. The molecule has 3 amide bonds. The highest BCUT2D eigenvalue weighted by molar-refractivity contribution is 5.99. The standard InChI is InChI=1S/C35H51N3O4/c1-11-24(5)30(37-34(41)42-35(8,9)10)33(40)38(26(7)21-20-23(3)4)31(28-18-15-17-27(12-2)22-28)32(39)36-29-19-14-13-16-25(29)6/h12-19,22-24,26,30-31H,2,11,20-21H2,1,3-10H3,(H,36,39)(H,37,41). The minimum absolute atomic E-state index is 0.204. The lowest BCUT2D eigenvalue weighted by molar-refractivity contribution is -0.144. The molecule has 0 aliphatic carbocycles. The molecule has 0 saturated heterocycles. The molecule has 0 radical (unpaired) electrons. The molecular weight excluding hydrogens is 526 g/mol. The van der Waals surface area contributed by atoms with Gasteiger partial charge in [0.15, 0.2) is 0 Å². The number of carbonyl (C=O) groups is 3. The number of anilines is 1. The van der Waals surface area contributed by atoms with Gasteiger partial charge in [0.25, 0.3) is 5.91 Å². The van der Waals surface area contributed by atoms with Crippen LogP contribution in [0.4, 0.5) is 10.5 Å². The summed E-state index contributed by atoms with van der Waals surface area (Å²) in [6, 6.07) is 13.0. The van der Waals surface area contributed by atoms with Crippen LogP contribution < -0.4 is 10.6 Å². The molecule has 42 heavy (non-hydrogen) atoms. The van der Waals surface area contributed by atoms with Gasteiger partial charge in [-0.15, -0.1) is 0 Å². The van der Waals surface area contributed by atoms with Gasteiger partial charge in [0.05, 0.1) is 0 Å². The third-order valence-electron chi connectivity index (χ3n) is 7.43. The number of nitrogens with one attached hydrogen (secondary N) is 2. The molecular formula is C35H51N3O4. The van der Waals surface area contributed by atoms with Crippen molar-refractivity contribution in [3.05, 3.63) is 71.8 Å². The van der Waals surface area contributed by atoms with Gasteiger partial charge in [0.1, 0.15) is 17.7 Å². The van der Waals surface area contributed by atoms with Gasteiger partial charge < -0.3 is 20.3 Å². The van der Waals surface area contributed by atoms with Crippen LogP contribution >= 0.6 is 0 Å². The highest BCUT2D eigenvalue weighted by Gasteiger charge is 2.40. The topological polar surface area (TPSA) is 87.7 Å². The predicted molar refractivity (Wildman–Crippen MR) is 172 cm³/mol. The molecule has 0 spiro atoms. The highest BCUT2D eigenvalue weighted by Crippen LogP contribution is 2.31. The van der Waals surface area contributed by atoms with Crippen LogP contribution in [0.3, 0.4) is 0 Å². The summed E-state index contributed by atoms with van der Waals surface area (Å²) in [6.45, 7) is 21.3. The van der Waals surface area contributed by atoms with Gasteiger partial charge >= 0.3 is 6.09 Å². The van der Waals surface area contributed by atoms with Crippen molar-refractivity contribution in [1.29, 1.82) is 0 Å². The van der Waals surface area contributed by atoms with E-state index >= 15 is 0 Å². The SMILES string of the molecule is C=Cc1cccc(C(C(=O)Nc2ccccc2C)N(C(=O)C(NC(=O)OC(C)(C)C)C(C)CC)C(C)CCC(C)C)c1. The van der Waals surface area contributed by atoms with Crippen LogP contribution in [0.25, 0.3) is 6.08 Å². The molecule has 2 rings (SSSR count). The number of amides is 3. The molecule has 0 aromatic heterocycles. The number of nitrogens with zero attached hydrogens (tertiary/aromatic N) is 1. The van der Waals surface area contributed by atoms with Crippen molar-refractivity contribution >= 4 is 29.7 Å². The van der Waals surface area contributed by atoms with E-state index in [1.165, 1.54) is 0 Å². The van der Waals surface area contributed by atoms with Crippen LogP contribution in [0.15, 0.2) is 55.1 Å². The average Bonchev–Trinajstić information content (AvgIpc) is 2.92. The van der Waals surface area contributed by atoms with E-state index in [4.69, 9.17) is 4.74 Å². The fraction of sp³-hybridized carbons (Fsp3) is 0.514. The number of hydrogen-bond donors (Lipinski definition) is 2. The summed E-state index contributed by atoms with van der Waals surface area (Å²) in [4.78, 5) is 43.6. The molecule has 0 bridgehead atoms. The van der Waals surface area contributed by atoms with Gasteiger partial charge in [0.2, 0.25) is 5.91 Å². The van der Waals surface area contributed by atoms with Gasteiger partial charge in [0, 0.05) is 11.7 Å². The zero-order valence-electron chi connectivity index (χ0n) is 27.0. The first-order valence-electron chi connectivity index (χ1n) is 15.1. The van der Waals surface area contributed by atoms with Crippen LogP contribution in [0, 0.1) is 18.8 Å². The Balaban J connectivity index is 2.70. The Morgan fingerprint density at radius 2 is 1.67 bits per heavy atom. The van der Waals surface area contributed by atoms with Gasteiger partial charge in [-0.2, -0.15) is 0 Å². The average molecular weight is 578 g/mol. The first-order chi connectivity index (χ1) is 19.7. The quantitative estimate of drug-likeness (QED) is 0.253. The summed E-state index contributed by atoms with van der Waals surface area (Å²) >= 11 is 0. The summed E-state index contributed by atoms with van der Waals surface area (Å²) in [6.07, 6.45) is 3.27. The molecule has 4 atom stereocenters. The molecule has 0 aliphatic rings. The second kappa shape index (κ2) is 15.6. The molecule has 0 aliphatic heterocycles. The molecule has 230 valence electrons. The highest BCUT2D eigenvalue weighted by atomic mass is 16.6. The van der Waals surface area contributed by atoms with Crippen LogP contribution in [-0.2, 0) is 14.3 Å². The molecule has 0 heterocycles. The molecule has 7 nitrogen and oxygen atoms in total. The van der Waals surface area contributed by atoms with Crippen LogP contribution in [0.2, 0.25) is 0 Å². The molecule has 0 saturated carbocycles. The lowest BCUT2D eigenvalue weighted by Gasteiger charge is -2.40. The van der Waals surface area contributed by atoms with E-state index in [0.717, 1.165) is 17.5 Å². The fourth-order valence-electron chi connectivity index (χ4n) is 4.80. The number of hydrogen-bond acceptors (Lipinski definition) is 4. The maximum Gasteiger partial charge on any atom is 0.408 e. The number of carbonyl (C=O) groups excluding carboxylic acids is 3. The zero-order chi connectivity index (χ0) is 31.6. The third-order valence-corrected chi connectivity index (χ3v) is 7.43. The Bertz CT molecular complexity index is 1220. The van der Waals surface area contributed by atoms with Gasteiger partial charge in [-0.1, -0.05) is 83.2 Å². The van der Waals surface area contributed by atoms with Gasteiger partial charge in [-0.25, -0.2) is 4.79 Å². The van der Waals surface area contributed by atoms with E-state index in [9.17, 15) is 14.4 Å². The summed E-state index contributed by atoms with van der Waals surface area (Å²) in [7, 11) is 0. The number of para-hydroxylation sites is 1. The number of aryl methyl sites for hydroxylation is 1. The van der Waals surface area contributed by atoms with E-state index in [0.29, 0.717) is 30.0 Å². The number of ether oxygens (including phenoxy) is 1. The van der Waals surface area contributed by atoms with Crippen molar-refractivity contribution in [2.45, 2.75) is 105 Å². The summed E-state index contributed by atoms with van der Waals surface area (Å²) in [5.74, 6) is -0.432. The predicted octanol–water partition coefficient (Wildman–Crippen LogP) is 7.91. The Morgan fingerprint density at radius 1 is 1.00 bits per heavy atom. The third kappa shape index (κ3) is 10.0. The second-order valence-electron chi connectivity index (χ2n) is 12.7. The molecule has 0 fully saturated rings. The monoisotopic (exact) mass is 577 g/mol. The summed E-state index contributed by atoms with van der Waals surface area (Å²) in [5.41, 5.74) is 2.38. The summed E-state index contributed by atoms with van der Waals surface area (Å²) < 4.78 is 5.54. The van der Waals surface area contributed by atoms with Gasteiger partial charge in [-0.3, -0.25) is 9.59 Å². The molecule has 2 aromatic rings. The van der Waals surface area contributed by atoms with Crippen molar-refractivity contribution in [2.75, 3.05) is 5.32 Å². The molecule has 2 N–H and O–H groups in total. The Labute approximate surface area is 253 Å². The first-order valence-corrected chi connectivity index (χ1v) is 15.1. The molecule has 4 unspecified atom stereocenters. The Morgan fingerprint density at radius 3 is 2.24 bits per heavy atom. The van der Waals surface area contributed by atoms with E-state index in [2.05, 4.69) is 31.1 Å². The molecule has 2 aromatic carbocycles. The summed E-state index contributed by atoms with van der Waals surface area (Å²) in [5, 5.41) is 5.94. The zero-order valence-corrected chi connectivity index (χ0v) is 27.0. The lowest BCUT2D eigenvalue weighted by Crippen LogP contribution is -2.57. The smallest absolute Gasteiger partial charge is 0.408 e. The Hall–Kier alpha value is -3.61. The van der Waals surface area contributed by atoms with Crippen LogP contribution in [0.5, 0.6) is 0 Å². The van der Waals surface area contributed by atoms with Crippen molar-refractivity contribution in [3.63, 3.8) is 0 Å². The Kier molecular flexibility index (Phi) is 12.8. The maximum absolute atomic E-state index is 14.7. The largest absolute Gasteiger partial charge is 0.444 e. The second-order valence-corrected chi connectivity index (χ2v) is 12.7. The minimum Gasteiger partial charge on any atom is -0.444 e. The fourth-order valence-corrected chi connectivity index (χ4v) is 4.80. The number of alkyl carbamates (subject to hydrolysis) is 1. The van der Waals surface area contributed by atoms with Crippen molar-refractivity contribution in [2.24, 2.45) is 11.8 Å². The van der Waals surface area contributed by atoms with E-state index in [-0.39, 0.29) is 23.8 Å². The van der Waals surface area contributed by atoms with Crippen LogP contribution in [0.1, 0.15) is 97.4 Å². The number of rotatable bonds is 13. The lowest BCUT2D eigenvalue weighted by atomic mass is 9.92. The van der Waals surface area contributed by atoms with Crippen molar-refractivity contribution in [3.8, 4) is 0 Å².